The molecule has 5 aromatic carbocycles. The number of nitrogens with zero attached hydrogens (tertiary/aromatic N) is 1. The van der Waals surface area contributed by atoms with Gasteiger partial charge in [-0.05, 0) is 50.4 Å². The molecule has 0 amide bonds. The Morgan fingerprint density at radius 2 is 1.50 bits per heavy atom. The first-order chi connectivity index (χ1) is 16.6. The molecular weight excluding hydrogens is 422 g/mol. The van der Waals surface area contributed by atoms with Gasteiger partial charge in [0.25, 0.3) is 0 Å². The topological polar surface area (TPSA) is 62.5 Å². The van der Waals surface area contributed by atoms with Gasteiger partial charge in [-0.25, -0.2) is 0 Å². The molecule has 0 bridgehead atoms. The molecule has 1 heterocycles. The van der Waals surface area contributed by atoms with Crippen molar-refractivity contribution in [3.8, 4) is 0 Å². The molecule has 0 fully saturated rings. The summed E-state index contributed by atoms with van der Waals surface area (Å²) in [5, 5.41) is 27.1. The Hall–Kier alpha value is -3.73. The van der Waals surface area contributed by atoms with Gasteiger partial charge in [-0.2, -0.15) is 0 Å². The second-order valence-corrected chi connectivity index (χ2v) is 9.06. The van der Waals surface area contributed by atoms with E-state index in [2.05, 4.69) is 54.6 Å². The summed E-state index contributed by atoms with van der Waals surface area (Å²) in [6.45, 7) is 0.272. The van der Waals surface area contributed by atoms with E-state index in [4.69, 9.17) is 5.11 Å². The number of Topliss-reactive ketones (excluding diaryl/α,β-unsaturated/α-hetero) is 1. The van der Waals surface area contributed by atoms with Gasteiger partial charge in [0.05, 0.1) is 12.7 Å². The summed E-state index contributed by atoms with van der Waals surface area (Å²) < 4.78 is 2.01. The van der Waals surface area contributed by atoms with Gasteiger partial charge < -0.3 is 14.8 Å². The van der Waals surface area contributed by atoms with Crippen LogP contribution >= 0.6 is 0 Å². The molecule has 6 rings (SSSR count). The highest BCUT2D eigenvalue weighted by Gasteiger charge is 2.18. The summed E-state index contributed by atoms with van der Waals surface area (Å²) in [4.78, 5) is 13.6. The van der Waals surface area contributed by atoms with E-state index in [-0.39, 0.29) is 12.4 Å². The molecule has 6 aromatic rings. The fourth-order valence-electron chi connectivity index (χ4n) is 5.25. The van der Waals surface area contributed by atoms with Crippen molar-refractivity contribution in [2.75, 3.05) is 6.61 Å². The van der Waals surface area contributed by atoms with Crippen molar-refractivity contribution in [1.29, 1.82) is 0 Å². The normalized spacial score (nSPS) is 12.9. The fourth-order valence-corrected chi connectivity index (χ4v) is 5.25. The zero-order valence-electron chi connectivity index (χ0n) is 18.7. The Morgan fingerprint density at radius 3 is 2.29 bits per heavy atom. The standard InChI is InChI=1S/C30H25NO3/c32-18-23(33)14-15-31-17-26(25-6-1-2-7-27(25)31)28(34)16-22-11-10-21-9-8-19-4-3-5-20-12-13-24(22)30(21)29(19)20/h1-13,17,23,32-33H,14-16,18H2/t23-/m0/s1. The molecule has 4 nitrogen and oxygen atoms in total. The van der Waals surface area contributed by atoms with Gasteiger partial charge in [-0.15, -0.1) is 0 Å². The van der Waals surface area contributed by atoms with Crippen LogP contribution in [0.1, 0.15) is 22.3 Å². The predicted octanol–water partition coefficient (Wildman–Crippen LogP) is 5.71. The maximum atomic E-state index is 13.6. The summed E-state index contributed by atoms with van der Waals surface area (Å²) in [7, 11) is 0. The lowest BCUT2D eigenvalue weighted by Crippen LogP contribution is -2.14. The molecular formula is C30H25NO3. The fraction of sp³-hybridized carbons (Fsp3) is 0.167. The zero-order valence-corrected chi connectivity index (χ0v) is 18.7. The Morgan fingerprint density at radius 1 is 0.794 bits per heavy atom. The maximum absolute atomic E-state index is 13.6. The van der Waals surface area contributed by atoms with E-state index in [1.54, 1.807) is 0 Å². The Labute approximate surface area is 197 Å². The number of ketones is 1. The minimum Gasteiger partial charge on any atom is -0.394 e. The van der Waals surface area contributed by atoms with Gasteiger partial charge in [0.15, 0.2) is 5.78 Å². The summed E-state index contributed by atoms with van der Waals surface area (Å²) in [5.74, 6) is 0.0766. The van der Waals surface area contributed by atoms with Crippen molar-refractivity contribution in [3.63, 3.8) is 0 Å². The minimum atomic E-state index is -0.766. The average Bonchev–Trinajstić information content (AvgIpc) is 3.25. The number of hydrogen-bond donors (Lipinski definition) is 2. The van der Waals surface area contributed by atoms with Crippen LogP contribution in [0.15, 0.2) is 85.1 Å². The predicted molar refractivity (Wildman–Crippen MR) is 138 cm³/mol. The summed E-state index contributed by atoms with van der Waals surface area (Å²) in [6, 6.07) is 27.1. The van der Waals surface area contributed by atoms with Crippen molar-refractivity contribution in [2.45, 2.75) is 25.5 Å². The number of carbonyl (C=O) groups is 1. The van der Waals surface area contributed by atoms with E-state index in [1.807, 2.05) is 35.0 Å². The van der Waals surface area contributed by atoms with E-state index < -0.39 is 6.10 Å². The first-order valence-corrected chi connectivity index (χ1v) is 11.7. The van der Waals surface area contributed by atoms with Crippen LogP contribution in [0.5, 0.6) is 0 Å². The van der Waals surface area contributed by atoms with Crippen molar-refractivity contribution in [3.05, 3.63) is 96.2 Å². The summed E-state index contributed by atoms with van der Waals surface area (Å²) in [6.07, 6.45) is 1.88. The second kappa shape index (κ2) is 8.24. The molecule has 0 aliphatic rings. The Bertz CT molecular complexity index is 1650. The molecule has 0 aliphatic carbocycles. The van der Waals surface area contributed by atoms with Gasteiger partial charge in [-0.1, -0.05) is 72.8 Å². The molecule has 0 saturated carbocycles. The van der Waals surface area contributed by atoms with Crippen LogP contribution in [0.2, 0.25) is 0 Å². The van der Waals surface area contributed by atoms with E-state index in [0.717, 1.165) is 21.9 Å². The Balaban J connectivity index is 1.42. The summed E-state index contributed by atoms with van der Waals surface area (Å²) >= 11 is 0. The van der Waals surface area contributed by atoms with Gasteiger partial charge in [0.1, 0.15) is 0 Å². The lowest BCUT2D eigenvalue weighted by atomic mass is 9.90. The number of rotatable bonds is 7. The van der Waals surface area contributed by atoms with E-state index >= 15 is 0 Å². The Kier molecular flexibility index (Phi) is 5.05. The molecule has 0 aliphatic heterocycles. The van der Waals surface area contributed by atoms with Crippen LogP contribution < -0.4 is 0 Å². The first-order valence-electron chi connectivity index (χ1n) is 11.7. The number of aliphatic hydroxyl groups excluding tert-OH is 2. The maximum Gasteiger partial charge on any atom is 0.169 e. The van der Waals surface area contributed by atoms with Crippen molar-refractivity contribution >= 4 is 49.0 Å². The molecule has 0 unspecified atom stereocenters. The zero-order chi connectivity index (χ0) is 23.2. The third kappa shape index (κ3) is 3.35. The lowest BCUT2D eigenvalue weighted by molar-refractivity contribution is 0.0849. The summed E-state index contributed by atoms with van der Waals surface area (Å²) in [5.41, 5.74) is 2.69. The number of aromatic nitrogens is 1. The highest BCUT2D eigenvalue weighted by atomic mass is 16.3. The number of benzene rings is 5. The van der Waals surface area contributed by atoms with Gasteiger partial charge >= 0.3 is 0 Å². The van der Waals surface area contributed by atoms with Crippen LogP contribution in [0.3, 0.4) is 0 Å². The third-order valence-electron chi connectivity index (χ3n) is 6.97. The van der Waals surface area contributed by atoms with Gasteiger partial charge in [0.2, 0.25) is 0 Å². The number of aliphatic hydroxyl groups is 2. The van der Waals surface area contributed by atoms with E-state index in [1.165, 1.54) is 26.9 Å². The number of fused-ring (bicyclic) bond motifs is 1. The van der Waals surface area contributed by atoms with Gasteiger partial charge in [0, 0.05) is 35.6 Å². The molecule has 1 aromatic heterocycles. The molecule has 4 heteroatoms. The van der Waals surface area contributed by atoms with Crippen LogP contribution in [0.4, 0.5) is 0 Å². The van der Waals surface area contributed by atoms with Gasteiger partial charge in [-0.3, -0.25) is 4.79 Å². The second-order valence-electron chi connectivity index (χ2n) is 9.06. The smallest absolute Gasteiger partial charge is 0.169 e. The molecule has 0 radical (unpaired) electrons. The SMILES string of the molecule is O=C(Cc1ccc2ccc3cccc4ccc1c2c34)c1cn(CC[C@H](O)CO)c2ccccc12. The van der Waals surface area contributed by atoms with E-state index in [0.29, 0.717) is 24.9 Å². The van der Waals surface area contributed by atoms with Crippen LogP contribution in [0.25, 0.3) is 43.2 Å². The molecule has 0 saturated heterocycles. The molecule has 2 N–H and O–H groups in total. The number of hydrogen-bond acceptors (Lipinski definition) is 3. The van der Waals surface area contributed by atoms with Crippen molar-refractivity contribution in [2.24, 2.45) is 0 Å². The lowest BCUT2D eigenvalue weighted by Gasteiger charge is -2.13. The largest absolute Gasteiger partial charge is 0.394 e. The molecule has 0 spiro atoms. The molecule has 1 atom stereocenters. The van der Waals surface area contributed by atoms with Crippen LogP contribution in [-0.4, -0.2) is 33.3 Å². The molecule has 34 heavy (non-hydrogen) atoms. The number of aryl methyl sites for hydroxylation is 1. The van der Waals surface area contributed by atoms with Crippen molar-refractivity contribution in [1.82, 2.24) is 4.57 Å². The average molecular weight is 448 g/mol. The highest BCUT2D eigenvalue weighted by molar-refractivity contribution is 6.24. The molecule has 168 valence electrons. The van der Waals surface area contributed by atoms with Crippen molar-refractivity contribution < 1.29 is 15.0 Å². The number of para-hydroxylation sites is 1. The van der Waals surface area contributed by atoms with Crippen LogP contribution in [-0.2, 0) is 13.0 Å². The minimum absolute atomic E-state index is 0.0766. The third-order valence-corrected chi connectivity index (χ3v) is 6.97. The highest BCUT2D eigenvalue weighted by Crippen LogP contribution is 2.36. The first kappa shape index (κ1) is 20.8. The number of carbonyl (C=O) groups excluding carboxylic acids is 1. The quantitative estimate of drug-likeness (QED) is 0.243. The van der Waals surface area contributed by atoms with Crippen LogP contribution in [0, 0.1) is 0 Å². The monoisotopic (exact) mass is 447 g/mol. The van der Waals surface area contributed by atoms with E-state index in [9.17, 15) is 9.90 Å².